The zero-order valence-corrected chi connectivity index (χ0v) is 30.1. The van der Waals surface area contributed by atoms with Crippen LogP contribution in [0.15, 0.2) is 197 Å². The maximum Gasteiger partial charge on any atom is 0.160 e. The molecule has 7 aromatic carbocycles. The van der Waals surface area contributed by atoms with Crippen molar-refractivity contribution in [3.63, 3.8) is 0 Å². The van der Waals surface area contributed by atoms with E-state index in [1.807, 2.05) is 73.1 Å². The molecule has 0 unspecified atom stereocenters. The van der Waals surface area contributed by atoms with Gasteiger partial charge in [0.1, 0.15) is 22.3 Å². The molecule has 0 spiro atoms. The number of para-hydroxylation sites is 2. The van der Waals surface area contributed by atoms with Crippen molar-refractivity contribution in [3.05, 3.63) is 188 Å². The van der Waals surface area contributed by atoms with E-state index in [1.165, 1.54) is 0 Å². The third-order valence-corrected chi connectivity index (χ3v) is 10.7. The number of benzene rings is 7. The molecule has 0 aliphatic heterocycles. The van der Waals surface area contributed by atoms with E-state index < -0.39 is 0 Å². The molecule has 4 aromatic heterocycles. The molecule has 0 saturated heterocycles. The first kappa shape index (κ1) is 31.9. The van der Waals surface area contributed by atoms with Crippen molar-refractivity contribution >= 4 is 43.9 Å². The van der Waals surface area contributed by atoms with Gasteiger partial charge in [-0.2, -0.15) is 0 Å². The summed E-state index contributed by atoms with van der Waals surface area (Å²) in [7, 11) is 0. The van der Waals surface area contributed by atoms with Crippen LogP contribution in [0.25, 0.3) is 111 Å². The lowest BCUT2D eigenvalue weighted by Gasteiger charge is -2.12. The van der Waals surface area contributed by atoms with Gasteiger partial charge in [-0.15, -0.1) is 0 Å². The van der Waals surface area contributed by atoms with Crippen LogP contribution in [0.5, 0.6) is 0 Å². The molecule has 0 N–H and O–H groups in total. The Hall–Kier alpha value is -7.63. The van der Waals surface area contributed by atoms with E-state index in [0.29, 0.717) is 5.82 Å². The third kappa shape index (κ3) is 5.37. The molecular weight excluding hydrogens is 687 g/mol. The molecule has 0 aliphatic carbocycles. The molecule has 0 saturated carbocycles. The fourth-order valence-electron chi connectivity index (χ4n) is 7.94. The molecule has 56 heavy (non-hydrogen) atoms. The lowest BCUT2D eigenvalue weighted by Crippen LogP contribution is -1.96. The summed E-state index contributed by atoms with van der Waals surface area (Å²) in [5, 5.41) is 4.34. The van der Waals surface area contributed by atoms with Crippen molar-refractivity contribution in [1.82, 2.24) is 15.0 Å². The SMILES string of the molecule is c1ccc(-c2nc(-c3ccc(-c4ccncc4)cc3)cc(-c3ccc(-c4ccc(-c5cccc6oc7ccccc7c56)c5oc6ccccc6c45)cc3)n2)cc1. The summed E-state index contributed by atoms with van der Waals surface area (Å²) in [6, 6.07) is 60.7. The third-order valence-electron chi connectivity index (χ3n) is 10.7. The van der Waals surface area contributed by atoms with Crippen molar-refractivity contribution in [2.75, 3.05) is 0 Å². The number of hydrogen-bond acceptors (Lipinski definition) is 5. The quantitative estimate of drug-likeness (QED) is 0.171. The first-order chi connectivity index (χ1) is 27.7. The minimum Gasteiger partial charge on any atom is -0.456 e. The summed E-state index contributed by atoms with van der Waals surface area (Å²) < 4.78 is 13.0. The molecule has 11 rings (SSSR count). The molecular formula is C51H31N3O2. The van der Waals surface area contributed by atoms with Gasteiger partial charge in [0.15, 0.2) is 5.82 Å². The van der Waals surface area contributed by atoms with Gasteiger partial charge in [-0.1, -0.05) is 133 Å². The van der Waals surface area contributed by atoms with Gasteiger partial charge in [-0.05, 0) is 70.3 Å². The Balaban J connectivity index is 1.03. The summed E-state index contributed by atoms with van der Waals surface area (Å²) in [6.45, 7) is 0. The lowest BCUT2D eigenvalue weighted by molar-refractivity contribution is 0.668. The molecule has 11 aromatic rings. The van der Waals surface area contributed by atoms with Crippen molar-refractivity contribution < 1.29 is 8.83 Å². The van der Waals surface area contributed by atoms with Crippen LogP contribution in [0.3, 0.4) is 0 Å². The van der Waals surface area contributed by atoms with Gasteiger partial charge >= 0.3 is 0 Å². The van der Waals surface area contributed by atoms with Crippen molar-refractivity contribution in [1.29, 1.82) is 0 Å². The Morgan fingerprint density at radius 3 is 1.61 bits per heavy atom. The Morgan fingerprint density at radius 1 is 0.339 bits per heavy atom. The Bertz CT molecular complexity index is 3220. The first-order valence-corrected chi connectivity index (χ1v) is 18.7. The van der Waals surface area contributed by atoms with Crippen molar-refractivity contribution in [2.24, 2.45) is 0 Å². The second kappa shape index (κ2) is 13.0. The largest absolute Gasteiger partial charge is 0.456 e. The highest BCUT2D eigenvalue weighted by molar-refractivity contribution is 6.20. The fraction of sp³-hybridized carbons (Fsp3) is 0. The monoisotopic (exact) mass is 717 g/mol. The van der Waals surface area contributed by atoms with E-state index in [2.05, 4.69) is 120 Å². The molecule has 0 aliphatic rings. The molecule has 262 valence electrons. The highest BCUT2D eigenvalue weighted by Gasteiger charge is 2.20. The highest BCUT2D eigenvalue weighted by Crippen LogP contribution is 2.45. The number of furan rings is 2. The fourth-order valence-corrected chi connectivity index (χ4v) is 7.94. The van der Waals surface area contributed by atoms with Gasteiger partial charge in [0.25, 0.3) is 0 Å². The Kier molecular flexibility index (Phi) is 7.42. The summed E-state index contributed by atoms with van der Waals surface area (Å²) >= 11 is 0. The average Bonchev–Trinajstić information content (AvgIpc) is 3.86. The zero-order valence-electron chi connectivity index (χ0n) is 30.1. The van der Waals surface area contributed by atoms with E-state index in [-0.39, 0.29) is 0 Å². The second-order valence-corrected chi connectivity index (χ2v) is 14.0. The molecule has 4 heterocycles. The Morgan fingerprint density at radius 2 is 0.893 bits per heavy atom. The molecule has 0 atom stereocenters. The van der Waals surface area contributed by atoms with Gasteiger partial charge in [0.2, 0.25) is 0 Å². The minimum atomic E-state index is 0.683. The van der Waals surface area contributed by atoms with Gasteiger partial charge in [0.05, 0.1) is 11.4 Å². The maximum absolute atomic E-state index is 6.72. The summed E-state index contributed by atoms with van der Waals surface area (Å²) in [5.41, 5.74) is 14.7. The zero-order chi connectivity index (χ0) is 37.0. The van der Waals surface area contributed by atoms with E-state index in [4.69, 9.17) is 18.8 Å². The van der Waals surface area contributed by atoms with Gasteiger partial charge in [0, 0.05) is 56.2 Å². The number of aromatic nitrogens is 3. The summed E-state index contributed by atoms with van der Waals surface area (Å²) in [4.78, 5) is 14.3. The van der Waals surface area contributed by atoms with Crippen LogP contribution < -0.4 is 0 Å². The summed E-state index contributed by atoms with van der Waals surface area (Å²) in [5.74, 6) is 0.683. The van der Waals surface area contributed by atoms with E-state index in [1.54, 1.807) is 0 Å². The van der Waals surface area contributed by atoms with Gasteiger partial charge in [-0.25, -0.2) is 9.97 Å². The molecule has 0 amide bonds. The number of fused-ring (bicyclic) bond motifs is 6. The standard InChI is InChI=1S/C51H31N3O2/c1-2-9-37(10-3-1)51-53-43(35-21-17-32(18-22-35)33-27-29-52-30-28-33)31-44(54-51)36-23-19-34(20-24-36)38-25-26-40(50-49(38)42-12-5-7-15-46(42)56-50)39-13-8-16-47-48(39)41-11-4-6-14-45(41)55-47/h1-31H. The molecule has 0 bridgehead atoms. The van der Waals surface area contributed by atoms with E-state index in [9.17, 15) is 0 Å². The number of hydrogen-bond donors (Lipinski definition) is 0. The average molecular weight is 718 g/mol. The maximum atomic E-state index is 6.72. The summed E-state index contributed by atoms with van der Waals surface area (Å²) in [6.07, 6.45) is 3.63. The second-order valence-electron chi connectivity index (χ2n) is 14.0. The van der Waals surface area contributed by atoms with Gasteiger partial charge < -0.3 is 8.83 Å². The first-order valence-electron chi connectivity index (χ1n) is 18.7. The highest BCUT2D eigenvalue weighted by atomic mass is 16.3. The minimum absolute atomic E-state index is 0.683. The van der Waals surface area contributed by atoms with Crippen LogP contribution in [0.2, 0.25) is 0 Å². The van der Waals surface area contributed by atoms with E-state index >= 15 is 0 Å². The smallest absolute Gasteiger partial charge is 0.160 e. The number of pyridine rings is 1. The Labute approximate surface area is 322 Å². The predicted molar refractivity (Wildman–Crippen MR) is 227 cm³/mol. The van der Waals surface area contributed by atoms with E-state index in [0.717, 1.165) is 105 Å². The topological polar surface area (TPSA) is 65.0 Å². The predicted octanol–water partition coefficient (Wildman–Crippen LogP) is 13.7. The molecule has 5 heteroatoms. The van der Waals surface area contributed by atoms with Crippen LogP contribution in [0.4, 0.5) is 0 Å². The van der Waals surface area contributed by atoms with Crippen LogP contribution >= 0.6 is 0 Å². The van der Waals surface area contributed by atoms with Gasteiger partial charge in [-0.3, -0.25) is 4.98 Å². The normalized spacial score (nSPS) is 11.6. The lowest BCUT2D eigenvalue weighted by atomic mass is 9.92. The van der Waals surface area contributed by atoms with Crippen LogP contribution in [-0.2, 0) is 0 Å². The van der Waals surface area contributed by atoms with Crippen LogP contribution in [-0.4, -0.2) is 15.0 Å². The molecule has 0 fully saturated rings. The molecule has 5 nitrogen and oxygen atoms in total. The van der Waals surface area contributed by atoms with Crippen molar-refractivity contribution in [3.8, 4) is 67.3 Å². The number of nitrogens with zero attached hydrogens (tertiary/aromatic N) is 3. The number of rotatable bonds is 6. The van der Waals surface area contributed by atoms with Crippen LogP contribution in [0, 0.1) is 0 Å². The van der Waals surface area contributed by atoms with Crippen molar-refractivity contribution in [2.45, 2.75) is 0 Å². The molecule has 0 radical (unpaired) electrons. The van der Waals surface area contributed by atoms with Crippen LogP contribution in [0.1, 0.15) is 0 Å².